The zero-order chi connectivity index (χ0) is 19.9. The Morgan fingerprint density at radius 3 is 2.19 bits per heavy atom. The van der Waals surface area contributed by atoms with Crippen molar-refractivity contribution in [3.63, 3.8) is 0 Å². The first kappa shape index (κ1) is 20.3. The highest BCUT2D eigenvalue weighted by molar-refractivity contribution is 9.09. The molecule has 0 unspecified atom stereocenters. The minimum absolute atomic E-state index is 0.111. The molecule has 0 aromatic heterocycles. The second-order valence-corrected chi connectivity index (χ2v) is 12.1. The van der Waals surface area contributed by atoms with Crippen molar-refractivity contribution in [3.8, 4) is 0 Å². The molecule has 4 saturated carbocycles. The minimum atomic E-state index is -0.616. The molecule has 0 amide bonds. The highest BCUT2D eigenvalue weighted by atomic mass is 79.9. The van der Waals surface area contributed by atoms with Crippen molar-refractivity contribution < 1.29 is 9.90 Å². The van der Waals surface area contributed by atoms with Crippen molar-refractivity contribution >= 4 is 21.7 Å². The number of Topliss-reactive ketones (excluding diaryl/α,β-unsaturated/α-hetero) is 1. The number of hydrogen-bond donors (Lipinski definition) is 2. The number of carbonyl (C=O) groups excluding carboxylic acids is 1. The Morgan fingerprint density at radius 2 is 1.52 bits per heavy atom. The smallest absolute Gasteiger partial charge is 0.147 e. The fourth-order valence-corrected chi connectivity index (χ4v) is 8.99. The Hall–Kier alpha value is 0.0700. The van der Waals surface area contributed by atoms with Crippen LogP contribution >= 0.6 is 15.9 Å². The van der Waals surface area contributed by atoms with Crippen LogP contribution < -0.4 is 5.73 Å². The summed E-state index contributed by atoms with van der Waals surface area (Å²) in [6, 6.07) is 0. The zero-order valence-corrected chi connectivity index (χ0v) is 19.2. The van der Waals surface area contributed by atoms with Gasteiger partial charge in [0.05, 0.1) is 10.9 Å². The topological polar surface area (TPSA) is 63.3 Å². The molecule has 0 saturated heterocycles. The molecule has 3 nitrogen and oxygen atoms in total. The van der Waals surface area contributed by atoms with Gasteiger partial charge in [-0.15, -0.1) is 0 Å². The lowest BCUT2D eigenvalue weighted by atomic mass is 9.38. The number of ketones is 1. The maximum Gasteiger partial charge on any atom is 0.147 e. The number of aliphatic hydroxyl groups is 1. The van der Waals surface area contributed by atoms with E-state index >= 15 is 0 Å². The van der Waals surface area contributed by atoms with Gasteiger partial charge in [-0.3, -0.25) is 4.79 Å². The molecule has 4 heteroatoms. The summed E-state index contributed by atoms with van der Waals surface area (Å²) < 4.78 is 0. The van der Waals surface area contributed by atoms with Crippen LogP contribution in [0.25, 0.3) is 0 Å². The normalized spacial score (nSPS) is 57.5. The fourth-order valence-electron chi connectivity index (χ4n) is 8.60. The molecular weight excluding hydrogens is 402 g/mol. The van der Waals surface area contributed by atoms with Crippen LogP contribution in [0.15, 0.2) is 0 Å². The molecule has 0 aliphatic heterocycles. The number of hydrogen-bond acceptors (Lipinski definition) is 3. The first-order chi connectivity index (χ1) is 12.4. The number of carbonyl (C=O) groups is 1. The molecule has 154 valence electrons. The maximum atomic E-state index is 12.7. The molecule has 0 heterocycles. The van der Waals surface area contributed by atoms with Gasteiger partial charge in [-0.1, -0.05) is 36.7 Å². The van der Waals surface area contributed by atoms with Crippen LogP contribution in [0.4, 0.5) is 0 Å². The summed E-state index contributed by atoms with van der Waals surface area (Å²) >= 11 is 3.43. The van der Waals surface area contributed by atoms with E-state index < -0.39 is 5.60 Å². The molecule has 0 aromatic rings. The second-order valence-electron chi connectivity index (χ2n) is 11.6. The molecule has 0 bridgehead atoms. The van der Waals surface area contributed by atoms with Crippen molar-refractivity contribution in [2.24, 2.45) is 39.7 Å². The van der Waals surface area contributed by atoms with Gasteiger partial charge in [0, 0.05) is 11.5 Å². The molecule has 8 atom stereocenters. The van der Waals surface area contributed by atoms with E-state index in [0.29, 0.717) is 22.9 Å². The molecule has 0 spiro atoms. The van der Waals surface area contributed by atoms with E-state index in [1.807, 2.05) is 6.92 Å². The molecule has 0 radical (unpaired) electrons. The monoisotopic (exact) mass is 439 g/mol. The van der Waals surface area contributed by atoms with Gasteiger partial charge in [0.15, 0.2) is 0 Å². The lowest BCUT2D eigenvalue weighted by Gasteiger charge is -2.68. The van der Waals surface area contributed by atoms with Gasteiger partial charge in [-0.2, -0.15) is 0 Å². The number of alkyl halides is 1. The largest absolute Gasteiger partial charge is 0.390 e. The third-order valence-corrected chi connectivity index (χ3v) is 11.1. The minimum Gasteiger partial charge on any atom is -0.390 e. The number of nitrogens with two attached hydrogens (primary N) is 1. The molecule has 4 rings (SSSR count). The second kappa shape index (κ2) is 6.04. The highest BCUT2D eigenvalue weighted by Crippen LogP contribution is 2.73. The summed E-state index contributed by atoms with van der Waals surface area (Å²) in [6.07, 6.45) is 9.39. The summed E-state index contributed by atoms with van der Waals surface area (Å²) in [6.45, 7) is 9.32. The van der Waals surface area contributed by atoms with Crippen molar-refractivity contribution in [3.05, 3.63) is 0 Å². The molecule has 0 aromatic carbocycles. The van der Waals surface area contributed by atoms with E-state index in [2.05, 4.69) is 36.7 Å². The first-order valence-electron chi connectivity index (χ1n) is 11.0. The van der Waals surface area contributed by atoms with Crippen LogP contribution in [0.5, 0.6) is 0 Å². The number of rotatable bonds is 2. The molecular formula is C23H38BrNO2. The lowest BCUT2D eigenvalue weighted by molar-refractivity contribution is -0.183. The van der Waals surface area contributed by atoms with Crippen LogP contribution in [0.2, 0.25) is 0 Å². The Morgan fingerprint density at radius 1 is 0.926 bits per heavy atom. The molecule has 27 heavy (non-hydrogen) atoms. The average molecular weight is 440 g/mol. The van der Waals surface area contributed by atoms with E-state index in [4.69, 9.17) is 5.73 Å². The molecule has 4 aliphatic carbocycles. The van der Waals surface area contributed by atoms with Crippen molar-refractivity contribution in [1.29, 1.82) is 0 Å². The summed E-state index contributed by atoms with van der Waals surface area (Å²) in [4.78, 5) is 12.7. The lowest BCUT2D eigenvalue weighted by Crippen LogP contribution is -2.69. The summed E-state index contributed by atoms with van der Waals surface area (Å²) in [5, 5.41) is 11.2. The quantitative estimate of drug-likeness (QED) is 0.605. The van der Waals surface area contributed by atoms with Gasteiger partial charge in [0.25, 0.3) is 0 Å². The molecule has 4 fully saturated rings. The van der Waals surface area contributed by atoms with Crippen molar-refractivity contribution in [1.82, 2.24) is 0 Å². The Labute approximate surface area is 173 Å². The van der Waals surface area contributed by atoms with Crippen LogP contribution in [-0.2, 0) is 4.79 Å². The van der Waals surface area contributed by atoms with Crippen LogP contribution in [0.3, 0.4) is 0 Å². The Bertz CT molecular complexity index is 650. The SMILES string of the molecule is C[C@@]1(O)CC[C@]2(C)[C@H]3CC[C@]4(C)[C@@H](C(=O)CBr)CC[C@@]4(C)[C@@H]3CC[C@@]2(N)C1. The summed E-state index contributed by atoms with van der Waals surface area (Å²) in [5.74, 6) is 1.91. The van der Waals surface area contributed by atoms with Gasteiger partial charge in [-0.05, 0) is 92.8 Å². The highest BCUT2D eigenvalue weighted by Gasteiger charge is 2.69. The first-order valence-corrected chi connectivity index (χ1v) is 12.1. The van der Waals surface area contributed by atoms with E-state index in [9.17, 15) is 9.90 Å². The van der Waals surface area contributed by atoms with E-state index in [-0.39, 0.29) is 27.7 Å². The van der Waals surface area contributed by atoms with Crippen LogP contribution in [-0.4, -0.2) is 27.4 Å². The summed E-state index contributed by atoms with van der Waals surface area (Å²) in [7, 11) is 0. The predicted molar refractivity (Wildman–Crippen MR) is 113 cm³/mol. The van der Waals surface area contributed by atoms with Crippen LogP contribution in [0.1, 0.15) is 85.5 Å². The Balaban J connectivity index is 1.69. The van der Waals surface area contributed by atoms with E-state index in [1.54, 1.807) is 0 Å². The molecule has 3 N–H and O–H groups in total. The zero-order valence-electron chi connectivity index (χ0n) is 17.6. The van der Waals surface area contributed by atoms with Crippen LogP contribution in [0, 0.1) is 34.0 Å². The average Bonchev–Trinajstić information content (AvgIpc) is 2.87. The van der Waals surface area contributed by atoms with Crippen molar-refractivity contribution in [2.75, 3.05) is 5.33 Å². The maximum absolute atomic E-state index is 12.7. The molecule has 4 aliphatic rings. The summed E-state index contributed by atoms with van der Waals surface area (Å²) in [5.41, 5.74) is 6.69. The number of halogens is 1. The Kier molecular flexibility index (Phi) is 4.55. The predicted octanol–water partition coefficient (Wildman–Crippen LogP) is 4.83. The fraction of sp³-hybridized carbons (Fsp3) is 0.957. The van der Waals surface area contributed by atoms with Gasteiger partial charge in [0.2, 0.25) is 0 Å². The van der Waals surface area contributed by atoms with Gasteiger partial charge in [-0.25, -0.2) is 0 Å². The van der Waals surface area contributed by atoms with Gasteiger partial charge >= 0.3 is 0 Å². The van der Waals surface area contributed by atoms with Gasteiger partial charge in [0.1, 0.15) is 5.78 Å². The van der Waals surface area contributed by atoms with Gasteiger partial charge < -0.3 is 10.8 Å². The third kappa shape index (κ3) is 2.54. The van der Waals surface area contributed by atoms with Crippen molar-refractivity contribution in [2.45, 2.75) is 96.6 Å². The van der Waals surface area contributed by atoms with E-state index in [0.717, 1.165) is 44.9 Å². The number of fused-ring (bicyclic) bond motifs is 5. The van der Waals surface area contributed by atoms with E-state index in [1.165, 1.54) is 12.8 Å². The third-order valence-electron chi connectivity index (χ3n) is 10.6. The standard InChI is InChI=1S/C23H38BrNO2/c1-19(27)11-12-22(4)16-5-8-21(3)17(18(26)13-24)6-9-20(21,2)15(16)7-10-23(22,25)14-19/h15-17,27H,5-14,25H2,1-4H3/t15-,16+,17-,19-,20+,21-,22-,23-/m1/s1.